The Morgan fingerprint density at radius 3 is 3.00 bits per heavy atom. The average Bonchev–Trinajstić information content (AvgIpc) is 2.49. The first kappa shape index (κ1) is 7.06. The summed E-state index contributed by atoms with van der Waals surface area (Å²) >= 11 is 0. The van der Waals surface area contributed by atoms with Crippen molar-refractivity contribution < 1.29 is 0 Å². The molecule has 0 atom stereocenters. The predicted molar refractivity (Wildman–Crippen MR) is 42.6 cm³/mol. The highest BCUT2D eigenvalue weighted by Gasteiger charge is 2.00. The molecule has 2 heterocycles. The number of rotatable bonds is 0. The van der Waals surface area contributed by atoms with Crippen molar-refractivity contribution >= 4 is 6.20 Å². The average molecular weight is 136 g/mol. The Labute approximate surface area is 61.2 Å². The summed E-state index contributed by atoms with van der Waals surface area (Å²) in [5.41, 5.74) is 1.28. The monoisotopic (exact) mass is 136 g/mol. The number of imidazole rings is 1. The molecule has 0 fully saturated rings. The summed E-state index contributed by atoms with van der Waals surface area (Å²) in [4.78, 5) is 3.96. The third kappa shape index (κ3) is 1.10. The van der Waals surface area contributed by atoms with Crippen LogP contribution in [0.1, 0.15) is 19.5 Å². The quantitative estimate of drug-likeness (QED) is 0.533. The van der Waals surface area contributed by atoms with Gasteiger partial charge in [0.2, 0.25) is 0 Å². The van der Waals surface area contributed by atoms with Crippen LogP contribution in [0.25, 0.3) is 6.20 Å². The molecule has 2 nitrogen and oxygen atoms in total. The van der Waals surface area contributed by atoms with Crippen LogP contribution in [-0.4, -0.2) is 9.55 Å². The lowest BCUT2D eigenvalue weighted by molar-refractivity contribution is 1.08. The van der Waals surface area contributed by atoms with Gasteiger partial charge in [0.05, 0.1) is 6.33 Å². The van der Waals surface area contributed by atoms with Crippen molar-refractivity contribution in [3.8, 4) is 0 Å². The van der Waals surface area contributed by atoms with Gasteiger partial charge < -0.3 is 4.57 Å². The van der Waals surface area contributed by atoms with Crippen molar-refractivity contribution in [2.75, 3.05) is 0 Å². The Morgan fingerprint density at radius 1 is 1.50 bits per heavy atom. The van der Waals surface area contributed by atoms with E-state index >= 15 is 0 Å². The van der Waals surface area contributed by atoms with E-state index in [1.165, 1.54) is 5.69 Å². The number of nitrogens with zero attached hydrogens (tertiary/aromatic N) is 2. The summed E-state index contributed by atoms with van der Waals surface area (Å²) in [6, 6.07) is 0. The van der Waals surface area contributed by atoms with Crippen LogP contribution in [0.5, 0.6) is 0 Å². The molecule has 0 unspecified atom stereocenters. The van der Waals surface area contributed by atoms with Gasteiger partial charge in [-0.15, -0.1) is 0 Å². The molecule has 0 spiro atoms. The van der Waals surface area contributed by atoms with Gasteiger partial charge in [-0.05, 0) is 0 Å². The van der Waals surface area contributed by atoms with Gasteiger partial charge in [0, 0.05) is 24.5 Å². The first-order valence-corrected chi connectivity index (χ1v) is 3.64. The first-order valence-electron chi connectivity index (χ1n) is 3.64. The van der Waals surface area contributed by atoms with Gasteiger partial charge in [-0.3, -0.25) is 0 Å². The topological polar surface area (TPSA) is 17.8 Å². The van der Waals surface area contributed by atoms with E-state index in [0.717, 1.165) is 6.42 Å². The van der Waals surface area contributed by atoms with Crippen molar-refractivity contribution in [3.63, 3.8) is 0 Å². The smallest absolute Gasteiger partial charge is 0.0989 e. The Kier molecular flexibility index (Phi) is 2.26. The molecule has 0 saturated heterocycles. The minimum absolute atomic E-state index is 1.04. The van der Waals surface area contributed by atoms with E-state index in [0.29, 0.717) is 0 Å². The van der Waals surface area contributed by atoms with E-state index in [2.05, 4.69) is 11.1 Å². The molecular weight excluding hydrogens is 124 g/mol. The second-order valence-electron chi connectivity index (χ2n) is 1.88. The Hall–Kier alpha value is -1.05. The van der Waals surface area contributed by atoms with Crippen molar-refractivity contribution in [2.24, 2.45) is 0 Å². The van der Waals surface area contributed by atoms with E-state index in [-0.39, 0.29) is 0 Å². The van der Waals surface area contributed by atoms with Crippen LogP contribution in [0.15, 0.2) is 18.6 Å². The summed E-state index contributed by atoms with van der Waals surface area (Å²) in [5.74, 6) is 0. The highest BCUT2D eigenvalue weighted by atomic mass is 15.0. The zero-order valence-corrected chi connectivity index (χ0v) is 6.41. The standard InChI is InChI=1S/C6H6N2.C2H6/c1-2-6-4-7-5-8(6)3-1;1-2/h1,3-5H,2H2;1-2H3. The van der Waals surface area contributed by atoms with Crippen LogP contribution < -0.4 is 0 Å². The van der Waals surface area contributed by atoms with Gasteiger partial charge in [-0.1, -0.05) is 19.9 Å². The lowest BCUT2D eigenvalue weighted by Crippen LogP contribution is -1.81. The highest BCUT2D eigenvalue weighted by molar-refractivity contribution is 5.33. The molecule has 1 aliphatic rings. The minimum atomic E-state index is 1.04. The fourth-order valence-corrected chi connectivity index (χ4v) is 0.911. The summed E-state index contributed by atoms with van der Waals surface area (Å²) in [5, 5.41) is 0. The van der Waals surface area contributed by atoms with Gasteiger partial charge in [0.1, 0.15) is 0 Å². The largest absolute Gasteiger partial charge is 0.310 e. The van der Waals surface area contributed by atoms with Crippen molar-refractivity contribution in [1.82, 2.24) is 9.55 Å². The second-order valence-corrected chi connectivity index (χ2v) is 1.88. The third-order valence-electron chi connectivity index (χ3n) is 1.34. The Bertz CT molecular complexity index is 223. The van der Waals surface area contributed by atoms with Crippen molar-refractivity contribution in [1.29, 1.82) is 0 Å². The summed E-state index contributed by atoms with van der Waals surface area (Å²) in [6.07, 6.45) is 8.90. The van der Waals surface area contributed by atoms with Crippen molar-refractivity contribution in [2.45, 2.75) is 20.3 Å². The second kappa shape index (κ2) is 3.20. The van der Waals surface area contributed by atoms with Crippen LogP contribution in [0.3, 0.4) is 0 Å². The van der Waals surface area contributed by atoms with Crippen LogP contribution in [0.4, 0.5) is 0 Å². The molecule has 2 rings (SSSR count). The van der Waals surface area contributed by atoms with Gasteiger partial charge >= 0.3 is 0 Å². The normalized spacial score (nSPS) is 12.2. The summed E-state index contributed by atoms with van der Waals surface area (Å²) in [6.45, 7) is 4.00. The Balaban J connectivity index is 0.000000231. The van der Waals surface area contributed by atoms with E-state index in [9.17, 15) is 0 Å². The molecular formula is C8H12N2. The molecule has 0 saturated carbocycles. The Morgan fingerprint density at radius 2 is 2.30 bits per heavy atom. The van der Waals surface area contributed by atoms with Crippen LogP contribution in [-0.2, 0) is 6.42 Å². The molecule has 0 aromatic carbocycles. The van der Waals surface area contributed by atoms with Crippen LogP contribution in [0.2, 0.25) is 0 Å². The van der Waals surface area contributed by atoms with E-state index in [1.807, 2.05) is 37.1 Å². The molecule has 1 aliphatic heterocycles. The number of allylic oxidation sites excluding steroid dienone is 1. The number of hydrogen-bond acceptors (Lipinski definition) is 1. The maximum Gasteiger partial charge on any atom is 0.0989 e. The van der Waals surface area contributed by atoms with Gasteiger partial charge in [-0.25, -0.2) is 4.98 Å². The number of fused-ring (bicyclic) bond motifs is 1. The lowest BCUT2D eigenvalue weighted by Gasteiger charge is -1.85. The molecule has 1 aromatic rings. The number of aromatic nitrogens is 2. The summed E-state index contributed by atoms with van der Waals surface area (Å²) in [7, 11) is 0. The van der Waals surface area contributed by atoms with Gasteiger partial charge in [-0.2, -0.15) is 0 Å². The molecule has 0 amide bonds. The van der Waals surface area contributed by atoms with Crippen LogP contribution in [0, 0.1) is 0 Å². The fraction of sp³-hybridized carbons (Fsp3) is 0.375. The van der Waals surface area contributed by atoms with E-state index in [1.54, 1.807) is 0 Å². The van der Waals surface area contributed by atoms with E-state index < -0.39 is 0 Å². The molecule has 0 aliphatic carbocycles. The van der Waals surface area contributed by atoms with Gasteiger partial charge in [0.15, 0.2) is 0 Å². The van der Waals surface area contributed by atoms with Crippen LogP contribution >= 0.6 is 0 Å². The SMILES string of the molecule is C1=Cn2cncc2C1.CC. The zero-order chi connectivity index (χ0) is 7.40. The zero-order valence-electron chi connectivity index (χ0n) is 6.41. The maximum atomic E-state index is 3.96. The van der Waals surface area contributed by atoms with E-state index in [4.69, 9.17) is 0 Å². The maximum absolute atomic E-state index is 3.96. The minimum Gasteiger partial charge on any atom is -0.310 e. The van der Waals surface area contributed by atoms with Gasteiger partial charge in [0.25, 0.3) is 0 Å². The third-order valence-corrected chi connectivity index (χ3v) is 1.34. The highest BCUT2D eigenvalue weighted by Crippen LogP contribution is 2.07. The number of hydrogen-bond donors (Lipinski definition) is 0. The molecule has 54 valence electrons. The molecule has 10 heavy (non-hydrogen) atoms. The fourth-order valence-electron chi connectivity index (χ4n) is 0.911. The molecule has 1 aromatic heterocycles. The lowest BCUT2D eigenvalue weighted by atomic mass is 10.4. The molecule has 0 N–H and O–H groups in total. The predicted octanol–water partition coefficient (Wildman–Crippen LogP) is 1.94. The molecule has 0 bridgehead atoms. The molecule has 0 radical (unpaired) electrons. The molecule has 2 heteroatoms. The van der Waals surface area contributed by atoms with Crippen molar-refractivity contribution in [3.05, 3.63) is 24.3 Å². The summed E-state index contributed by atoms with van der Waals surface area (Å²) < 4.78 is 2.03. The first-order chi connectivity index (χ1) is 4.97.